The molecule has 120 valence electrons. The molecule has 0 spiro atoms. The minimum Gasteiger partial charge on any atom is -0.306 e. The Hall–Kier alpha value is -0.940. The minimum atomic E-state index is 0.117. The molecule has 1 heterocycles. The molecule has 1 aromatic heterocycles. The minimum absolute atomic E-state index is 0.117. The van der Waals surface area contributed by atoms with Crippen molar-refractivity contribution in [2.45, 2.75) is 65.6 Å². The molecule has 0 saturated heterocycles. The summed E-state index contributed by atoms with van der Waals surface area (Å²) in [6, 6.07) is 0. The van der Waals surface area contributed by atoms with E-state index in [0.29, 0.717) is 0 Å². The molecule has 0 amide bonds. The molecule has 5 nitrogen and oxygen atoms in total. The summed E-state index contributed by atoms with van der Waals surface area (Å²) in [5.74, 6) is 0.957. The van der Waals surface area contributed by atoms with E-state index in [4.69, 9.17) is 0 Å². The third-order valence-electron chi connectivity index (χ3n) is 3.78. The van der Waals surface area contributed by atoms with Crippen molar-refractivity contribution in [1.29, 1.82) is 0 Å². The van der Waals surface area contributed by atoms with Gasteiger partial charge in [0.15, 0.2) is 0 Å². The largest absolute Gasteiger partial charge is 0.306 e. The van der Waals surface area contributed by atoms with Gasteiger partial charge >= 0.3 is 0 Å². The fourth-order valence-corrected chi connectivity index (χ4v) is 2.40. The van der Waals surface area contributed by atoms with Crippen molar-refractivity contribution in [2.75, 3.05) is 19.6 Å². The zero-order chi connectivity index (χ0) is 15.3. The van der Waals surface area contributed by atoms with Crippen molar-refractivity contribution < 1.29 is 0 Å². The second-order valence-electron chi connectivity index (χ2n) is 7.32. The van der Waals surface area contributed by atoms with E-state index < -0.39 is 0 Å². The van der Waals surface area contributed by atoms with E-state index in [1.54, 1.807) is 0 Å². The quantitative estimate of drug-likeness (QED) is 0.759. The molecule has 21 heavy (non-hydrogen) atoms. The van der Waals surface area contributed by atoms with Crippen molar-refractivity contribution in [2.24, 2.45) is 5.92 Å². The third kappa shape index (κ3) is 6.57. The van der Waals surface area contributed by atoms with Crippen LogP contribution in [0.5, 0.6) is 0 Å². The van der Waals surface area contributed by atoms with Crippen LogP contribution in [0, 0.1) is 5.92 Å². The number of hydrogen-bond acceptors (Lipinski definition) is 4. The molecule has 5 heteroatoms. The summed E-state index contributed by atoms with van der Waals surface area (Å²) in [5, 5.41) is 11.9. The molecule has 1 aromatic rings. The molecule has 2 rings (SSSR count). The van der Waals surface area contributed by atoms with Gasteiger partial charge in [-0.05, 0) is 52.5 Å². The second kappa shape index (κ2) is 7.36. The highest BCUT2D eigenvalue weighted by molar-refractivity contribution is 4.93. The highest BCUT2D eigenvalue weighted by atomic mass is 15.4. The first-order chi connectivity index (χ1) is 9.96. The second-order valence-corrected chi connectivity index (χ2v) is 7.32. The Bertz CT molecular complexity index is 417. The lowest BCUT2D eigenvalue weighted by Crippen LogP contribution is -2.35. The van der Waals surface area contributed by atoms with Crippen molar-refractivity contribution >= 4 is 0 Å². The average Bonchev–Trinajstić information content (AvgIpc) is 3.10. The van der Waals surface area contributed by atoms with E-state index in [2.05, 4.69) is 54.4 Å². The van der Waals surface area contributed by atoms with Crippen LogP contribution >= 0.6 is 0 Å². The van der Waals surface area contributed by atoms with Gasteiger partial charge in [-0.25, -0.2) is 0 Å². The van der Waals surface area contributed by atoms with E-state index in [-0.39, 0.29) is 5.54 Å². The van der Waals surface area contributed by atoms with Crippen LogP contribution in [0.4, 0.5) is 0 Å². The van der Waals surface area contributed by atoms with Crippen molar-refractivity contribution in [3.05, 3.63) is 11.9 Å². The van der Waals surface area contributed by atoms with Gasteiger partial charge in [0.05, 0.1) is 12.2 Å². The summed E-state index contributed by atoms with van der Waals surface area (Å²) in [5.41, 5.74) is 1.14. The fraction of sp³-hybridized carbons (Fsp3) is 0.875. The van der Waals surface area contributed by atoms with Gasteiger partial charge in [0.2, 0.25) is 0 Å². The highest BCUT2D eigenvalue weighted by Crippen LogP contribution is 2.29. The lowest BCUT2D eigenvalue weighted by molar-refractivity contribution is 0.248. The first kappa shape index (κ1) is 16.4. The molecule has 1 aliphatic rings. The van der Waals surface area contributed by atoms with Crippen LogP contribution in [-0.2, 0) is 13.1 Å². The standard InChI is InChI=1S/C16H31N5/c1-5-8-20(12-14-6-7-14)9-10-21-13-15(18-19-21)11-17-16(2,3)4/h13-14,17H,5-12H2,1-4H3. The Morgan fingerprint density at radius 2 is 2.10 bits per heavy atom. The van der Waals surface area contributed by atoms with E-state index in [9.17, 15) is 0 Å². The number of hydrogen-bond donors (Lipinski definition) is 1. The van der Waals surface area contributed by atoms with E-state index in [1.807, 2.05) is 4.68 Å². The molecule has 1 saturated carbocycles. The number of nitrogens with zero attached hydrogens (tertiary/aromatic N) is 4. The molecular weight excluding hydrogens is 262 g/mol. The Labute approximate surface area is 129 Å². The average molecular weight is 293 g/mol. The van der Waals surface area contributed by atoms with Crippen molar-refractivity contribution in [3.63, 3.8) is 0 Å². The van der Waals surface area contributed by atoms with Gasteiger partial charge in [0.25, 0.3) is 0 Å². The molecule has 1 fully saturated rings. The summed E-state index contributed by atoms with van der Waals surface area (Å²) in [6.45, 7) is 14.0. The maximum Gasteiger partial charge on any atom is 0.0965 e. The molecule has 0 aliphatic heterocycles. The first-order valence-electron chi connectivity index (χ1n) is 8.32. The van der Waals surface area contributed by atoms with Gasteiger partial charge in [-0.1, -0.05) is 12.1 Å². The number of nitrogens with one attached hydrogen (secondary N) is 1. The first-order valence-corrected chi connectivity index (χ1v) is 8.32. The van der Waals surface area contributed by atoms with Gasteiger partial charge in [-0.3, -0.25) is 4.68 Å². The summed E-state index contributed by atoms with van der Waals surface area (Å²) < 4.78 is 1.98. The van der Waals surface area contributed by atoms with Gasteiger partial charge in [-0.2, -0.15) is 0 Å². The summed E-state index contributed by atoms with van der Waals surface area (Å²) in [7, 11) is 0. The molecule has 0 bridgehead atoms. The SMILES string of the molecule is CCCN(CCn1cc(CNC(C)(C)C)nn1)CC1CC1. The maximum absolute atomic E-state index is 4.25. The van der Waals surface area contributed by atoms with E-state index in [0.717, 1.165) is 31.2 Å². The summed E-state index contributed by atoms with van der Waals surface area (Å²) in [4.78, 5) is 2.58. The van der Waals surface area contributed by atoms with Gasteiger partial charge in [0, 0.05) is 31.4 Å². The predicted molar refractivity (Wildman–Crippen MR) is 86.1 cm³/mol. The third-order valence-corrected chi connectivity index (χ3v) is 3.78. The Balaban J connectivity index is 1.75. The normalized spacial score (nSPS) is 15.9. The summed E-state index contributed by atoms with van der Waals surface area (Å²) in [6.07, 6.45) is 6.14. The van der Waals surface area contributed by atoms with Crippen LogP contribution in [0.1, 0.15) is 52.7 Å². The van der Waals surface area contributed by atoms with Crippen LogP contribution in [0.3, 0.4) is 0 Å². The van der Waals surface area contributed by atoms with E-state index >= 15 is 0 Å². The molecule has 0 atom stereocenters. The summed E-state index contributed by atoms with van der Waals surface area (Å²) >= 11 is 0. The zero-order valence-corrected chi connectivity index (χ0v) is 14.1. The van der Waals surface area contributed by atoms with Crippen LogP contribution < -0.4 is 5.32 Å². The zero-order valence-electron chi connectivity index (χ0n) is 14.1. The van der Waals surface area contributed by atoms with Gasteiger partial charge in [0.1, 0.15) is 0 Å². The lowest BCUT2D eigenvalue weighted by atomic mass is 10.1. The van der Waals surface area contributed by atoms with Crippen LogP contribution in [0.15, 0.2) is 6.20 Å². The molecule has 0 radical (unpaired) electrons. The Morgan fingerprint density at radius 3 is 2.71 bits per heavy atom. The van der Waals surface area contributed by atoms with Crippen LogP contribution in [0.2, 0.25) is 0 Å². The topological polar surface area (TPSA) is 46.0 Å². The van der Waals surface area contributed by atoms with Crippen molar-refractivity contribution in [1.82, 2.24) is 25.2 Å². The molecule has 0 aromatic carbocycles. The van der Waals surface area contributed by atoms with Crippen LogP contribution in [-0.4, -0.2) is 45.1 Å². The predicted octanol–water partition coefficient (Wildman–Crippen LogP) is 2.29. The highest BCUT2D eigenvalue weighted by Gasteiger charge is 2.23. The van der Waals surface area contributed by atoms with Crippen molar-refractivity contribution in [3.8, 4) is 0 Å². The lowest BCUT2D eigenvalue weighted by Gasteiger charge is -2.21. The molecule has 0 unspecified atom stereocenters. The van der Waals surface area contributed by atoms with Gasteiger partial charge in [-0.15, -0.1) is 5.10 Å². The molecular formula is C16H31N5. The fourth-order valence-electron chi connectivity index (χ4n) is 2.40. The Morgan fingerprint density at radius 1 is 1.33 bits per heavy atom. The van der Waals surface area contributed by atoms with Gasteiger partial charge < -0.3 is 10.2 Å². The number of aromatic nitrogens is 3. The molecule has 1 aliphatic carbocycles. The monoisotopic (exact) mass is 293 g/mol. The number of rotatable bonds is 9. The van der Waals surface area contributed by atoms with Crippen LogP contribution in [0.25, 0.3) is 0 Å². The maximum atomic E-state index is 4.25. The molecule has 1 N–H and O–H groups in total. The van der Waals surface area contributed by atoms with E-state index in [1.165, 1.54) is 32.4 Å². The Kier molecular flexibility index (Phi) is 5.76. The smallest absolute Gasteiger partial charge is 0.0965 e.